The van der Waals surface area contributed by atoms with E-state index in [0.29, 0.717) is 10.7 Å². The summed E-state index contributed by atoms with van der Waals surface area (Å²) in [4.78, 5) is 10.7. The Morgan fingerprint density at radius 2 is 1.69 bits per heavy atom. The van der Waals surface area contributed by atoms with E-state index in [9.17, 15) is 0 Å². The topological polar surface area (TPSA) is 64.7 Å². The number of benzene rings is 1. The average Bonchev–Trinajstić information content (AvgIpc) is 2.36. The number of hydrogen-bond acceptors (Lipinski definition) is 4. The van der Waals surface area contributed by atoms with Crippen molar-refractivity contribution < 1.29 is 0 Å². The molecule has 0 fully saturated rings. The van der Waals surface area contributed by atoms with Gasteiger partial charge in [-0.1, -0.05) is 24.6 Å². The van der Waals surface area contributed by atoms with Gasteiger partial charge in [0.25, 0.3) is 0 Å². The number of aromatic nitrogens is 3. The molecule has 1 aromatic carbocycles. The SMILES string of the molecule is CCc1ccc(N)c(Cl)c1.c1ncncn1. The molecule has 1 aromatic heterocycles. The molecule has 4 nitrogen and oxygen atoms in total. The first-order chi connectivity index (χ1) is 7.74. The van der Waals surface area contributed by atoms with E-state index in [2.05, 4.69) is 21.9 Å². The molecule has 16 heavy (non-hydrogen) atoms. The molecule has 0 amide bonds. The molecule has 0 aliphatic carbocycles. The van der Waals surface area contributed by atoms with Crippen LogP contribution in [0.2, 0.25) is 5.02 Å². The summed E-state index contributed by atoms with van der Waals surface area (Å²) < 4.78 is 0. The molecule has 0 saturated carbocycles. The monoisotopic (exact) mass is 236 g/mol. The van der Waals surface area contributed by atoms with Crippen LogP contribution in [0, 0.1) is 0 Å². The average molecular weight is 237 g/mol. The lowest BCUT2D eigenvalue weighted by Crippen LogP contribution is -1.87. The number of anilines is 1. The first-order valence-electron chi connectivity index (χ1n) is 4.83. The van der Waals surface area contributed by atoms with E-state index in [-0.39, 0.29) is 0 Å². The van der Waals surface area contributed by atoms with Crippen LogP contribution in [-0.4, -0.2) is 15.0 Å². The van der Waals surface area contributed by atoms with Crippen LogP contribution in [-0.2, 0) is 6.42 Å². The van der Waals surface area contributed by atoms with Crippen LogP contribution in [0.3, 0.4) is 0 Å². The third kappa shape index (κ3) is 4.23. The quantitative estimate of drug-likeness (QED) is 0.772. The summed E-state index contributed by atoms with van der Waals surface area (Å²) in [6.45, 7) is 2.09. The molecule has 0 aliphatic heterocycles. The minimum atomic E-state index is 0.652. The largest absolute Gasteiger partial charge is 0.398 e. The van der Waals surface area contributed by atoms with Crippen LogP contribution in [0.4, 0.5) is 5.69 Å². The van der Waals surface area contributed by atoms with Crippen molar-refractivity contribution in [2.75, 3.05) is 5.73 Å². The maximum atomic E-state index is 5.77. The molecule has 1 heterocycles. The van der Waals surface area contributed by atoms with E-state index in [1.165, 1.54) is 24.5 Å². The maximum absolute atomic E-state index is 5.77. The van der Waals surface area contributed by atoms with Crippen LogP contribution < -0.4 is 5.73 Å². The molecule has 0 spiro atoms. The number of aryl methyl sites for hydroxylation is 1. The Hall–Kier alpha value is -1.68. The van der Waals surface area contributed by atoms with Gasteiger partial charge < -0.3 is 5.73 Å². The highest BCUT2D eigenvalue weighted by Gasteiger charge is 1.94. The zero-order chi connectivity index (χ0) is 11.8. The molecule has 0 bridgehead atoms. The highest BCUT2D eigenvalue weighted by Crippen LogP contribution is 2.19. The second kappa shape index (κ2) is 6.74. The van der Waals surface area contributed by atoms with E-state index in [1.54, 1.807) is 0 Å². The van der Waals surface area contributed by atoms with Crippen LogP contribution in [0.5, 0.6) is 0 Å². The van der Waals surface area contributed by atoms with Gasteiger partial charge in [-0.05, 0) is 24.1 Å². The predicted molar refractivity (Wildman–Crippen MR) is 65.1 cm³/mol. The third-order valence-corrected chi connectivity index (χ3v) is 2.20. The maximum Gasteiger partial charge on any atom is 0.119 e. The van der Waals surface area contributed by atoms with Crippen molar-refractivity contribution in [3.05, 3.63) is 47.8 Å². The summed E-state index contributed by atoms with van der Waals surface area (Å²) >= 11 is 5.77. The van der Waals surface area contributed by atoms with Crippen LogP contribution in [0.25, 0.3) is 0 Å². The molecule has 0 atom stereocenters. The standard InChI is InChI=1S/C8H10ClN.C3H3N3/c1-2-6-3-4-8(10)7(9)5-6;1-4-2-6-3-5-1/h3-5H,2,10H2,1H3;1-3H. The van der Waals surface area contributed by atoms with Crippen molar-refractivity contribution in [3.8, 4) is 0 Å². The lowest BCUT2D eigenvalue weighted by Gasteiger charge is -1.99. The van der Waals surface area contributed by atoms with Gasteiger partial charge in [0, 0.05) is 0 Å². The number of nitrogen functional groups attached to an aromatic ring is 1. The van der Waals surface area contributed by atoms with E-state index < -0.39 is 0 Å². The van der Waals surface area contributed by atoms with Gasteiger partial charge in [0.15, 0.2) is 0 Å². The summed E-state index contributed by atoms with van der Waals surface area (Å²) in [7, 11) is 0. The summed E-state index contributed by atoms with van der Waals surface area (Å²) in [5.41, 5.74) is 7.38. The van der Waals surface area contributed by atoms with Gasteiger partial charge in [-0.25, -0.2) is 15.0 Å². The van der Waals surface area contributed by atoms with E-state index in [0.717, 1.165) is 6.42 Å². The lowest BCUT2D eigenvalue weighted by atomic mass is 10.1. The van der Waals surface area contributed by atoms with E-state index in [4.69, 9.17) is 17.3 Å². The fourth-order valence-electron chi connectivity index (χ4n) is 0.995. The molecule has 2 aromatic rings. The number of hydrogen-bond donors (Lipinski definition) is 1. The summed E-state index contributed by atoms with van der Waals surface area (Å²) in [6.07, 6.45) is 5.31. The molecule has 2 rings (SSSR count). The van der Waals surface area contributed by atoms with Crippen LogP contribution >= 0.6 is 11.6 Å². The van der Waals surface area contributed by atoms with Gasteiger partial charge in [-0.3, -0.25) is 0 Å². The third-order valence-electron chi connectivity index (χ3n) is 1.87. The second-order valence-corrected chi connectivity index (χ2v) is 3.41. The molecule has 0 unspecified atom stereocenters. The normalized spacial score (nSPS) is 9.12. The Balaban J connectivity index is 0.000000181. The molecule has 5 heteroatoms. The van der Waals surface area contributed by atoms with Crippen LogP contribution in [0.15, 0.2) is 37.2 Å². The van der Waals surface area contributed by atoms with Crippen molar-refractivity contribution in [1.29, 1.82) is 0 Å². The fourth-order valence-corrected chi connectivity index (χ4v) is 1.20. The molecular weight excluding hydrogens is 224 g/mol. The van der Waals surface area contributed by atoms with Crippen molar-refractivity contribution in [2.24, 2.45) is 0 Å². The van der Waals surface area contributed by atoms with Crippen molar-refractivity contribution >= 4 is 17.3 Å². The Bertz CT molecular complexity index is 393. The number of nitrogens with two attached hydrogens (primary N) is 1. The smallest absolute Gasteiger partial charge is 0.119 e. The summed E-state index contributed by atoms with van der Waals surface area (Å²) in [5, 5.41) is 0.652. The molecule has 2 N–H and O–H groups in total. The van der Waals surface area contributed by atoms with Gasteiger partial charge in [0.2, 0.25) is 0 Å². The molecule has 0 radical (unpaired) electrons. The van der Waals surface area contributed by atoms with E-state index in [1.807, 2.05) is 18.2 Å². The van der Waals surface area contributed by atoms with Gasteiger partial charge >= 0.3 is 0 Å². The van der Waals surface area contributed by atoms with Gasteiger partial charge in [0.1, 0.15) is 19.0 Å². The number of rotatable bonds is 1. The highest BCUT2D eigenvalue weighted by atomic mass is 35.5. The van der Waals surface area contributed by atoms with Gasteiger partial charge in [0.05, 0.1) is 10.7 Å². The minimum Gasteiger partial charge on any atom is -0.398 e. The van der Waals surface area contributed by atoms with E-state index >= 15 is 0 Å². The Kier molecular flexibility index (Phi) is 5.22. The zero-order valence-corrected chi connectivity index (χ0v) is 9.72. The first kappa shape index (κ1) is 12.4. The first-order valence-corrected chi connectivity index (χ1v) is 5.20. The highest BCUT2D eigenvalue weighted by molar-refractivity contribution is 6.33. The Labute approximate surface area is 99.5 Å². The summed E-state index contributed by atoms with van der Waals surface area (Å²) in [5.74, 6) is 0. The zero-order valence-electron chi connectivity index (χ0n) is 8.97. The van der Waals surface area contributed by atoms with Crippen molar-refractivity contribution in [2.45, 2.75) is 13.3 Å². The van der Waals surface area contributed by atoms with Gasteiger partial charge in [-0.15, -0.1) is 0 Å². The van der Waals surface area contributed by atoms with Crippen molar-refractivity contribution in [3.63, 3.8) is 0 Å². The predicted octanol–water partition coefficient (Wildman–Crippen LogP) is 2.36. The van der Waals surface area contributed by atoms with Gasteiger partial charge in [-0.2, -0.15) is 0 Å². The molecular formula is C11H13ClN4. The summed E-state index contributed by atoms with van der Waals surface area (Å²) in [6, 6.07) is 5.72. The molecule has 0 aliphatic rings. The fraction of sp³-hybridized carbons (Fsp3) is 0.182. The second-order valence-electron chi connectivity index (χ2n) is 3.00. The minimum absolute atomic E-state index is 0.652. The molecule has 0 saturated heterocycles. The van der Waals surface area contributed by atoms with Crippen molar-refractivity contribution in [1.82, 2.24) is 15.0 Å². The lowest BCUT2D eigenvalue weighted by molar-refractivity contribution is 1.05. The van der Waals surface area contributed by atoms with Crippen LogP contribution in [0.1, 0.15) is 12.5 Å². The Morgan fingerprint density at radius 3 is 2.06 bits per heavy atom. The molecule has 84 valence electrons. The Morgan fingerprint density at radius 1 is 1.12 bits per heavy atom. The number of nitrogens with zero attached hydrogens (tertiary/aromatic N) is 3. The number of halogens is 1.